The molecule has 1 aliphatic carbocycles. The Bertz CT molecular complexity index is 1820. The quantitative estimate of drug-likeness (QED) is 0.196. The number of aromatic nitrogens is 2. The molecule has 200 valence electrons. The number of allylic oxidation sites excluding steroid dienone is 3. The van der Waals surface area contributed by atoms with E-state index in [4.69, 9.17) is 9.97 Å². The van der Waals surface area contributed by atoms with Crippen molar-refractivity contribution >= 4 is 22.0 Å². The lowest BCUT2D eigenvalue weighted by molar-refractivity contribution is 1.17. The molecule has 1 aromatic heterocycles. The van der Waals surface area contributed by atoms with Crippen LogP contribution in [0.15, 0.2) is 150 Å². The molecule has 0 radical (unpaired) electrons. The molecule has 7 rings (SSSR count). The molecule has 0 aliphatic heterocycles. The summed E-state index contributed by atoms with van der Waals surface area (Å²) in [5.41, 5.74) is 12.1. The van der Waals surface area contributed by atoms with Crippen LogP contribution < -0.4 is 0 Å². The van der Waals surface area contributed by atoms with E-state index in [-0.39, 0.29) is 0 Å². The van der Waals surface area contributed by atoms with Crippen LogP contribution in [0.2, 0.25) is 0 Å². The second-order valence-corrected chi connectivity index (χ2v) is 11.2. The van der Waals surface area contributed by atoms with E-state index in [9.17, 15) is 0 Å². The minimum atomic E-state index is 0.720. The topological polar surface area (TPSA) is 25.8 Å². The molecule has 0 spiro atoms. The maximum absolute atomic E-state index is 5.15. The van der Waals surface area contributed by atoms with Crippen LogP contribution in [0.4, 0.5) is 0 Å². The van der Waals surface area contributed by atoms with Crippen molar-refractivity contribution in [3.8, 4) is 56.2 Å². The summed E-state index contributed by atoms with van der Waals surface area (Å²) in [6.07, 6.45) is 9.39. The molecule has 0 N–H and O–H groups in total. The molecule has 0 bridgehead atoms. The molecule has 0 unspecified atom stereocenters. The molecule has 0 atom stereocenters. The minimum absolute atomic E-state index is 0.720. The number of rotatable bonds is 5. The van der Waals surface area contributed by atoms with Crippen molar-refractivity contribution in [3.63, 3.8) is 0 Å². The van der Waals surface area contributed by atoms with Gasteiger partial charge in [-0.25, -0.2) is 9.97 Å². The summed E-state index contributed by atoms with van der Waals surface area (Å²) in [6, 6.07) is 44.5. The van der Waals surface area contributed by atoms with Crippen LogP contribution in [0, 0.1) is 0 Å². The summed E-state index contributed by atoms with van der Waals surface area (Å²) in [5.74, 6) is 0.720. The monoisotopic (exact) mass is 602 g/mol. The molecule has 1 heterocycles. The highest BCUT2D eigenvalue weighted by molar-refractivity contribution is 9.10. The lowest BCUT2D eigenvalue weighted by Gasteiger charge is -2.14. The molecule has 5 aromatic carbocycles. The first-order chi connectivity index (χ1) is 20.7. The summed E-state index contributed by atoms with van der Waals surface area (Å²) in [5, 5.41) is 0. The molecule has 6 aromatic rings. The highest BCUT2D eigenvalue weighted by atomic mass is 79.9. The largest absolute Gasteiger partial charge is 0.228 e. The zero-order chi connectivity index (χ0) is 28.3. The van der Waals surface area contributed by atoms with Crippen molar-refractivity contribution in [2.75, 3.05) is 0 Å². The first-order valence-corrected chi connectivity index (χ1v) is 14.9. The Morgan fingerprint density at radius 1 is 0.500 bits per heavy atom. The zero-order valence-corrected chi connectivity index (χ0v) is 24.5. The van der Waals surface area contributed by atoms with Crippen LogP contribution >= 0.6 is 15.9 Å². The highest BCUT2D eigenvalue weighted by Gasteiger charge is 2.17. The van der Waals surface area contributed by atoms with Crippen LogP contribution in [0.3, 0.4) is 0 Å². The number of benzene rings is 5. The van der Waals surface area contributed by atoms with Gasteiger partial charge in [-0.1, -0.05) is 149 Å². The van der Waals surface area contributed by atoms with Gasteiger partial charge in [0.25, 0.3) is 0 Å². The Kier molecular flexibility index (Phi) is 7.17. The van der Waals surface area contributed by atoms with Gasteiger partial charge in [-0.15, -0.1) is 0 Å². The number of nitrogens with zero attached hydrogens (tertiary/aromatic N) is 2. The first-order valence-electron chi connectivity index (χ1n) is 14.1. The zero-order valence-electron chi connectivity index (χ0n) is 22.9. The number of fused-ring (bicyclic) bond motifs is 1. The maximum Gasteiger partial charge on any atom is 0.161 e. The van der Waals surface area contributed by atoms with Gasteiger partial charge in [-0.05, 0) is 58.0 Å². The van der Waals surface area contributed by atoms with Gasteiger partial charge in [-0.2, -0.15) is 0 Å². The van der Waals surface area contributed by atoms with Crippen LogP contribution in [0.5, 0.6) is 0 Å². The van der Waals surface area contributed by atoms with E-state index in [0.717, 1.165) is 50.4 Å². The lowest BCUT2D eigenvalue weighted by Crippen LogP contribution is -2.00. The van der Waals surface area contributed by atoms with Crippen LogP contribution in [-0.2, 0) is 6.42 Å². The molecule has 1 aliphatic rings. The van der Waals surface area contributed by atoms with E-state index in [0.29, 0.717) is 0 Å². The van der Waals surface area contributed by atoms with E-state index in [1.165, 1.54) is 27.8 Å². The third-order valence-electron chi connectivity index (χ3n) is 7.67. The molecular formula is C39H27BrN2. The Balaban J connectivity index is 1.36. The second kappa shape index (κ2) is 11.6. The van der Waals surface area contributed by atoms with Crippen molar-refractivity contribution in [3.05, 3.63) is 161 Å². The Morgan fingerprint density at radius 3 is 1.55 bits per heavy atom. The SMILES string of the molecule is Brc1ccc(-c2nc(-c3ccc(-c4ccccc4)cc3)cc(-c3ccc(-c4ccccc4)cc3)n2)c2c1CC=CC=C2. The smallest absolute Gasteiger partial charge is 0.161 e. The predicted molar refractivity (Wildman–Crippen MR) is 179 cm³/mol. The summed E-state index contributed by atoms with van der Waals surface area (Å²) >= 11 is 3.77. The fourth-order valence-electron chi connectivity index (χ4n) is 5.44. The van der Waals surface area contributed by atoms with Gasteiger partial charge >= 0.3 is 0 Å². The molecule has 0 saturated carbocycles. The van der Waals surface area contributed by atoms with Gasteiger partial charge in [-0.3, -0.25) is 0 Å². The average Bonchev–Trinajstić information content (AvgIpc) is 3.33. The average molecular weight is 604 g/mol. The second-order valence-electron chi connectivity index (χ2n) is 10.3. The number of halogens is 1. The maximum atomic E-state index is 5.15. The molecule has 3 heteroatoms. The summed E-state index contributed by atoms with van der Waals surface area (Å²) in [7, 11) is 0. The van der Waals surface area contributed by atoms with Crippen molar-refractivity contribution < 1.29 is 0 Å². The highest BCUT2D eigenvalue weighted by Crippen LogP contribution is 2.35. The van der Waals surface area contributed by atoms with Crippen LogP contribution in [0.1, 0.15) is 11.1 Å². The van der Waals surface area contributed by atoms with Crippen LogP contribution in [-0.4, -0.2) is 9.97 Å². The number of hydrogen-bond donors (Lipinski definition) is 0. The van der Waals surface area contributed by atoms with Gasteiger partial charge in [0, 0.05) is 21.2 Å². The minimum Gasteiger partial charge on any atom is -0.228 e. The van der Waals surface area contributed by atoms with Gasteiger partial charge in [0.05, 0.1) is 11.4 Å². The van der Waals surface area contributed by atoms with Gasteiger partial charge < -0.3 is 0 Å². The van der Waals surface area contributed by atoms with E-state index in [2.05, 4.69) is 155 Å². The molecule has 0 fully saturated rings. The normalized spacial score (nSPS) is 12.1. The van der Waals surface area contributed by atoms with Crippen LogP contribution in [0.25, 0.3) is 62.2 Å². The van der Waals surface area contributed by atoms with E-state index >= 15 is 0 Å². The van der Waals surface area contributed by atoms with Crippen molar-refractivity contribution in [2.45, 2.75) is 6.42 Å². The van der Waals surface area contributed by atoms with Crippen molar-refractivity contribution in [2.24, 2.45) is 0 Å². The standard InChI is InChI=1S/C39H27BrN2/c40-36-25-24-35(33-14-8-3-9-15-34(33)36)39-41-37(31-20-16-29(17-21-31)27-10-4-1-5-11-27)26-38(42-39)32-22-18-30(19-23-32)28-12-6-2-7-13-28/h1-14,16-26H,15H2. The van der Waals surface area contributed by atoms with Gasteiger partial charge in [0.15, 0.2) is 5.82 Å². The van der Waals surface area contributed by atoms with Crippen molar-refractivity contribution in [1.82, 2.24) is 9.97 Å². The summed E-state index contributed by atoms with van der Waals surface area (Å²) in [4.78, 5) is 10.3. The van der Waals surface area contributed by atoms with E-state index in [1.807, 2.05) is 12.1 Å². The van der Waals surface area contributed by atoms with Gasteiger partial charge in [0.1, 0.15) is 0 Å². The third-order valence-corrected chi connectivity index (χ3v) is 8.42. The molecule has 2 nitrogen and oxygen atoms in total. The fraction of sp³-hybridized carbons (Fsp3) is 0.0256. The fourth-order valence-corrected chi connectivity index (χ4v) is 5.95. The first kappa shape index (κ1) is 26.1. The number of hydrogen-bond acceptors (Lipinski definition) is 2. The Hall–Kier alpha value is -4.86. The molecule has 0 saturated heterocycles. The van der Waals surface area contributed by atoms with E-state index in [1.54, 1.807) is 0 Å². The summed E-state index contributed by atoms with van der Waals surface area (Å²) < 4.78 is 1.10. The molecule has 0 amide bonds. The lowest BCUT2D eigenvalue weighted by atomic mass is 9.97. The van der Waals surface area contributed by atoms with Crippen molar-refractivity contribution in [1.29, 1.82) is 0 Å². The molecular weight excluding hydrogens is 576 g/mol. The summed E-state index contributed by atoms with van der Waals surface area (Å²) in [6.45, 7) is 0. The third kappa shape index (κ3) is 5.27. The van der Waals surface area contributed by atoms with E-state index < -0.39 is 0 Å². The van der Waals surface area contributed by atoms with Gasteiger partial charge in [0.2, 0.25) is 0 Å². The molecule has 42 heavy (non-hydrogen) atoms. The Labute approximate surface area is 254 Å². The Morgan fingerprint density at radius 2 is 1.00 bits per heavy atom. The predicted octanol–water partition coefficient (Wildman–Crippen LogP) is 10.7.